The number of alkyl halides is 1. The number of rotatable bonds is 11. The second kappa shape index (κ2) is 13.3. The molecule has 3 aromatic heterocycles. The zero-order valence-corrected chi connectivity index (χ0v) is 24.3. The van der Waals surface area contributed by atoms with E-state index in [9.17, 15) is 4.79 Å². The lowest BCUT2D eigenvalue weighted by Gasteiger charge is -2.28. The van der Waals surface area contributed by atoms with E-state index in [1.165, 1.54) is 12.4 Å². The summed E-state index contributed by atoms with van der Waals surface area (Å²) in [5.74, 6) is 3.45. The van der Waals surface area contributed by atoms with Gasteiger partial charge in [0, 0.05) is 62.5 Å². The van der Waals surface area contributed by atoms with Crippen LogP contribution in [0.15, 0.2) is 36.7 Å². The molecule has 1 aromatic carbocycles. The number of morpholine rings is 1. The maximum absolute atomic E-state index is 11.6. The van der Waals surface area contributed by atoms with E-state index in [0.29, 0.717) is 56.0 Å². The number of carbonyl (C=O) groups is 1. The van der Waals surface area contributed by atoms with Crippen molar-refractivity contribution in [1.82, 2.24) is 35.0 Å². The number of fused-ring (bicyclic) bond motifs is 1. The highest BCUT2D eigenvalue weighted by Crippen LogP contribution is 2.29. The summed E-state index contributed by atoms with van der Waals surface area (Å²) in [6, 6.07) is 8.06. The van der Waals surface area contributed by atoms with Gasteiger partial charge in [-0.05, 0) is 30.7 Å². The number of amides is 1. The topological polar surface area (TPSA) is 146 Å². The Balaban J connectivity index is 1.44. The van der Waals surface area contributed by atoms with Crippen LogP contribution in [0.25, 0.3) is 22.6 Å². The fourth-order valence-corrected chi connectivity index (χ4v) is 5.27. The minimum atomic E-state index is -0.674. The van der Waals surface area contributed by atoms with Crippen molar-refractivity contribution in [2.45, 2.75) is 13.0 Å². The van der Waals surface area contributed by atoms with E-state index >= 15 is 0 Å². The van der Waals surface area contributed by atoms with Crippen molar-refractivity contribution >= 4 is 58.1 Å². The van der Waals surface area contributed by atoms with Crippen LogP contribution in [-0.4, -0.2) is 85.6 Å². The largest absolute Gasteiger partial charge is 0.378 e. The Morgan fingerprint density at radius 3 is 2.56 bits per heavy atom. The predicted octanol–water partition coefficient (Wildman–Crippen LogP) is 3.10. The Bertz CT molecular complexity index is 1480. The third-order valence-electron chi connectivity index (χ3n) is 6.54. The summed E-state index contributed by atoms with van der Waals surface area (Å²) in [7, 11) is 3.77. The van der Waals surface area contributed by atoms with Crippen LogP contribution in [0, 0.1) is 0 Å². The first-order chi connectivity index (χ1) is 20.0. The number of nitrogens with zero attached hydrogens (tertiary/aromatic N) is 8. The van der Waals surface area contributed by atoms with E-state index in [-0.39, 0.29) is 5.56 Å². The number of anilines is 3. The molecule has 0 bridgehead atoms. The third-order valence-corrected chi connectivity index (χ3v) is 7.68. The minimum Gasteiger partial charge on any atom is -0.378 e. The van der Waals surface area contributed by atoms with Gasteiger partial charge in [-0.2, -0.15) is 0 Å². The van der Waals surface area contributed by atoms with Crippen molar-refractivity contribution in [3.05, 3.63) is 48.0 Å². The first-order valence-corrected chi connectivity index (χ1v) is 14.6. The lowest BCUT2D eigenvalue weighted by atomic mass is 10.2. The molecule has 0 aliphatic carbocycles. The molecule has 1 saturated heterocycles. The number of ether oxygens (including phenoxy) is 1. The van der Waals surface area contributed by atoms with Gasteiger partial charge < -0.3 is 23.8 Å². The van der Waals surface area contributed by atoms with E-state index in [2.05, 4.69) is 19.6 Å². The molecule has 216 valence electrons. The molecule has 41 heavy (non-hydrogen) atoms. The number of imidazole rings is 1. The molecule has 13 nitrogen and oxygen atoms in total. The molecule has 1 aliphatic rings. The van der Waals surface area contributed by atoms with Gasteiger partial charge >= 0.3 is 0 Å². The van der Waals surface area contributed by atoms with Crippen LogP contribution in [0.5, 0.6) is 0 Å². The quantitative estimate of drug-likeness (QED) is 0.0766. The minimum absolute atomic E-state index is 0.152. The number of benzene rings is 1. The average molecular weight is 599 g/mol. The zero-order valence-electron chi connectivity index (χ0n) is 22.7. The summed E-state index contributed by atoms with van der Waals surface area (Å²) in [6.07, 6.45) is 3.65. The molecular weight excluding hydrogens is 568 g/mol. The van der Waals surface area contributed by atoms with E-state index in [0.717, 1.165) is 40.7 Å². The Hall–Kier alpha value is -3.72. The van der Waals surface area contributed by atoms with Crippen LogP contribution >= 0.6 is 23.5 Å². The summed E-state index contributed by atoms with van der Waals surface area (Å²) in [5, 5.41) is 8.82. The van der Waals surface area contributed by atoms with Gasteiger partial charge in [-0.25, -0.2) is 30.4 Å². The highest BCUT2D eigenvalue weighted by molar-refractivity contribution is 8.00. The Labute approximate surface area is 246 Å². The van der Waals surface area contributed by atoms with E-state index in [1.54, 1.807) is 17.4 Å². The van der Waals surface area contributed by atoms with E-state index in [1.807, 2.05) is 47.8 Å². The van der Waals surface area contributed by atoms with Crippen LogP contribution in [-0.2, 0) is 18.3 Å². The van der Waals surface area contributed by atoms with Crippen LogP contribution in [0.2, 0.25) is 0 Å². The number of aromatic nitrogens is 6. The third kappa shape index (κ3) is 6.62. The molecule has 4 aromatic rings. The molecule has 1 amide bonds. The van der Waals surface area contributed by atoms with Crippen LogP contribution in [0.4, 0.5) is 17.5 Å². The molecule has 4 heterocycles. The maximum atomic E-state index is 11.6. The Morgan fingerprint density at radius 1 is 1.15 bits per heavy atom. The number of hydrogen-bond acceptors (Lipinski definition) is 12. The number of nitrogens with one attached hydrogen (secondary N) is 2. The second-order valence-electron chi connectivity index (χ2n) is 9.37. The Morgan fingerprint density at radius 2 is 1.88 bits per heavy atom. The molecule has 0 spiro atoms. The van der Waals surface area contributed by atoms with Crippen LogP contribution in [0.3, 0.4) is 0 Å². The summed E-state index contributed by atoms with van der Waals surface area (Å²) < 4.78 is 10.9. The van der Waals surface area contributed by atoms with Crippen molar-refractivity contribution in [3.63, 3.8) is 0 Å². The van der Waals surface area contributed by atoms with E-state index < -0.39 is 5.91 Å². The summed E-state index contributed by atoms with van der Waals surface area (Å²) >= 11 is 7.40. The van der Waals surface area contributed by atoms with Crippen molar-refractivity contribution in [1.29, 1.82) is 0 Å². The second-order valence-corrected chi connectivity index (χ2v) is 10.6. The monoisotopic (exact) mass is 598 g/mol. The number of hydrogen-bond donors (Lipinski definition) is 3. The van der Waals surface area contributed by atoms with Crippen LogP contribution in [0.1, 0.15) is 22.6 Å². The summed E-state index contributed by atoms with van der Waals surface area (Å²) in [4.78, 5) is 39.0. The van der Waals surface area contributed by atoms with Gasteiger partial charge in [0.1, 0.15) is 5.82 Å². The SMILES string of the molecule is CN(Cc1nc2c(N3CCOCC3)nc(-c3ccc(NSCCCCl)cc3)nc2n1C)c1ncc(C(=O)NO)cn1. The maximum Gasteiger partial charge on any atom is 0.277 e. The lowest BCUT2D eigenvalue weighted by molar-refractivity contribution is 0.0705. The fraction of sp³-hybridized carbons (Fsp3) is 0.385. The van der Waals surface area contributed by atoms with Crippen molar-refractivity contribution in [3.8, 4) is 11.4 Å². The van der Waals surface area contributed by atoms with Gasteiger partial charge in [0.25, 0.3) is 5.91 Å². The molecule has 0 atom stereocenters. The van der Waals surface area contributed by atoms with Gasteiger partial charge in [-0.3, -0.25) is 10.0 Å². The normalized spacial score (nSPS) is 13.4. The van der Waals surface area contributed by atoms with Gasteiger partial charge in [0.05, 0.1) is 25.3 Å². The van der Waals surface area contributed by atoms with E-state index in [4.69, 9.17) is 36.5 Å². The molecule has 1 fully saturated rings. The van der Waals surface area contributed by atoms with Crippen LogP contribution < -0.4 is 20.0 Å². The van der Waals surface area contributed by atoms with Gasteiger partial charge in [-0.1, -0.05) is 11.9 Å². The average Bonchev–Trinajstić information content (AvgIpc) is 3.33. The van der Waals surface area contributed by atoms with Crippen molar-refractivity contribution in [2.24, 2.45) is 7.05 Å². The van der Waals surface area contributed by atoms with Crippen molar-refractivity contribution < 1.29 is 14.7 Å². The predicted molar refractivity (Wildman–Crippen MR) is 160 cm³/mol. The molecule has 0 saturated carbocycles. The first kappa shape index (κ1) is 28.8. The first-order valence-electron chi connectivity index (χ1n) is 13.1. The number of aryl methyl sites for hydroxylation is 1. The lowest BCUT2D eigenvalue weighted by Crippen LogP contribution is -2.37. The number of hydroxylamine groups is 1. The molecular formula is C26H31ClN10O3S. The molecule has 15 heteroatoms. The highest BCUT2D eigenvalue weighted by Gasteiger charge is 2.23. The highest BCUT2D eigenvalue weighted by atomic mass is 35.5. The van der Waals surface area contributed by atoms with Gasteiger partial charge in [-0.15, -0.1) is 11.6 Å². The Kier molecular flexibility index (Phi) is 9.34. The zero-order chi connectivity index (χ0) is 28.8. The van der Waals surface area contributed by atoms with Gasteiger partial charge in [0.15, 0.2) is 22.8 Å². The number of carbonyl (C=O) groups excluding carboxylic acids is 1. The molecule has 5 rings (SSSR count). The fourth-order valence-electron chi connectivity index (χ4n) is 4.29. The smallest absolute Gasteiger partial charge is 0.277 e. The number of halogens is 1. The molecule has 1 aliphatic heterocycles. The molecule has 3 N–H and O–H groups in total. The standard InChI is InChI=1S/C26H31ClN10O3S/c1-35(26-28-14-18(15-29-26)25(38)33-39)16-20-30-21-23(36(20)2)31-22(32-24(21)37-9-11-40-12-10-37)17-4-6-19(7-5-17)34-41-13-3-8-27/h4-7,14-15,34,39H,3,8-13,16H2,1-2H3,(H,33,38). The molecule has 0 radical (unpaired) electrons. The van der Waals surface area contributed by atoms with Gasteiger partial charge in [0.2, 0.25) is 5.95 Å². The summed E-state index contributed by atoms with van der Waals surface area (Å²) in [6.45, 7) is 3.04. The van der Waals surface area contributed by atoms with Crippen molar-refractivity contribution in [2.75, 3.05) is 59.5 Å². The molecule has 0 unspecified atom stereocenters. The summed E-state index contributed by atoms with van der Waals surface area (Å²) in [5.41, 5.74) is 5.06.